The first-order chi connectivity index (χ1) is 6.31. The summed E-state index contributed by atoms with van der Waals surface area (Å²) >= 11 is 0. The first-order valence-corrected chi connectivity index (χ1v) is 4.31. The first-order valence-electron chi connectivity index (χ1n) is 4.31. The molecule has 0 fully saturated rings. The second-order valence-corrected chi connectivity index (χ2v) is 3.06. The molecule has 3 heteroatoms. The van der Waals surface area contributed by atoms with Crippen molar-refractivity contribution in [1.29, 1.82) is 0 Å². The molecule has 3 nitrogen and oxygen atoms in total. The second kappa shape index (κ2) is 3.09. The van der Waals surface area contributed by atoms with Gasteiger partial charge in [-0.1, -0.05) is 6.08 Å². The molecule has 1 aromatic rings. The Kier molecular flexibility index (Phi) is 1.93. The molecule has 0 saturated carbocycles. The summed E-state index contributed by atoms with van der Waals surface area (Å²) in [6.07, 6.45) is 6.22. The van der Waals surface area contributed by atoms with E-state index in [0.717, 1.165) is 18.5 Å². The van der Waals surface area contributed by atoms with Crippen LogP contribution in [0, 0.1) is 0 Å². The summed E-state index contributed by atoms with van der Waals surface area (Å²) in [5, 5.41) is 0. The summed E-state index contributed by atoms with van der Waals surface area (Å²) in [6.45, 7) is 0. The van der Waals surface area contributed by atoms with Crippen LogP contribution >= 0.6 is 0 Å². The van der Waals surface area contributed by atoms with E-state index in [2.05, 4.69) is 11.1 Å². The Morgan fingerprint density at radius 2 is 2.38 bits per heavy atom. The Morgan fingerprint density at radius 3 is 3.15 bits per heavy atom. The van der Waals surface area contributed by atoms with Gasteiger partial charge in [-0.3, -0.25) is 0 Å². The minimum absolute atomic E-state index is 0.466. The number of hydrogen-bond donors (Lipinski definition) is 1. The van der Waals surface area contributed by atoms with Crippen molar-refractivity contribution >= 4 is 11.9 Å². The molecule has 0 bridgehead atoms. The van der Waals surface area contributed by atoms with Crippen molar-refractivity contribution in [3.63, 3.8) is 0 Å². The zero-order chi connectivity index (χ0) is 9.26. The lowest BCUT2D eigenvalue weighted by atomic mass is 10.0. The van der Waals surface area contributed by atoms with Crippen molar-refractivity contribution in [3.8, 4) is 5.75 Å². The van der Waals surface area contributed by atoms with E-state index in [1.54, 1.807) is 7.11 Å². The van der Waals surface area contributed by atoms with Crippen LogP contribution in [0.5, 0.6) is 5.75 Å². The molecule has 0 radical (unpaired) electrons. The number of ether oxygens (including phenoxy) is 1. The molecule has 0 aliphatic heterocycles. The van der Waals surface area contributed by atoms with E-state index in [1.807, 2.05) is 12.1 Å². The van der Waals surface area contributed by atoms with Crippen LogP contribution < -0.4 is 10.5 Å². The van der Waals surface area contributed by atoms with Crippen LogP contribution in [0.25, 0.3) is 6.08 Å². The summed E-state index contributed by atoms with van der Waals surface area (Å²) < 4.78 is 5.10. The van der Waals surface area contributed by atoms with E-state index in [0.29, 0.717) is 11.6 Å². The number of aryl methyl sites for hydroxylation is 1. The Morgan fingerprint density at radius 1 is 1.54 bits per heavy atom. The molecule has 0 aromatic carbocycles. The molecule has 1 aliphatic rings. The zero-order valence-corrected chi connectivity index (χ0v) is 7.58. The topological polar surface area (TPSA) is 48.1 Å². The molecule has 0 unspecified atom stereocenters. The minimum Gasteiger partial charge on any atom is -0.493 e. The number of hydrogen-bond acceptors (Lipinski definition) is 3. The van der Waals surface area contributed by atoms with Crippen molar-refractivity contribution in [1.82, 2.24) is 4.98 Å². The SMILES string of the molecule is COc1cc2c(nc1N)C=CCC2. The number of anilines is 1. The quantitative estimate of drug-likeness (QED) is 0.707. The molecular weight excluding hydrogens is 164 g/mol. The predicted octanol–water partition coefficient (Wildman–Crippen LogP) is 1.63. The van der Waals surface area contributed by atoms with Gasteiger partial charge in [0.05, 0.1) is 12.8 Å². The normalized spacial score (nSPS) is 13.9. The molecule has 1 aromatic heterocycles. The second-order valence-electron chi connectivity index (χ2n) is 3.06. The lowest BCUT2D eigenvalue weighted by molar-refractivity contribution is 0.414. The number of methoxy groups -OCH3 is 1. The Bertz CT molecular complexity index is 358. The fourth-order valence-electron chi connectivity index (χ4n) is 1.50. The molecular formula is C10H12N2O. The van der Waals surface area contributed by atoms with E-state index >= 15 is 0 Å². The summed E-state index contributed by atoms with van der Waals surface area (Å²) in [7, 11) is 1.61. The van der Waals surface area contributed by atoms with Gasteiger partial charge in [0, 0.05) is 0 Å². The van der Waals surface area contributed by atoms with Gasteiger partial charge in [0.1, 0.15) is 0 Å². The van der Waals surface area contributed by atoms with Gasteiger partial charge in [-0.15, -0.1) is 0 Å². The third-order valence-corrected chi connectivity index (χ3v) is 2.20. The Balaban J connectivity index is 2.52. The van der Waals surface area contributed by atoms with E-state index in [1.165, 1.54) is 5.56 Å². The molecule has 2 rings (SSSR count). The highest BCUT2D eigenvalue weighted by molar-refractivity contribution is 5.59. The largest absolute Gasteiger partial charge is 0.493 e. The molecule has 1 aliphatic carbocycles. The van der Waals surface area contributed by atoms with E-state index in [9.17, 15) is 0 Å². The molecule has 68 valence electrons. The van der Waals surface area contributed by atoms with Crippen LogP contribution in [0.2, 0.25) is 0 Å². The molecule has 0 saturated heterocycles. The summed E-state index contributed by atoms with van der Waals surface area (Å²) in [6, 6.07) is 1.97. The van der Waals surface area contributed by atoms with E-state index < -0.39 is 0 Å². The number of nitrogen functional groups attached to an aromatic ring is 1. The lowest BCUT2D eigenvalue weighted by Crippen LogP contribution is -2.03. The standard InChI is InChI=1S/C10H12N2O/c1-13-9-6-7-4-2-3-5-8(7)12-10(9)11/h3,5-6H,2,4H2,1H3,(H2,11,12). The first kappa shape index (κ1) is 8.10. The van der Waals surface area contributed by atoms with Gasteiger partial charge in [0.25, 0.3) is 0 Å². The monoisotopic (exact) mass is 176 g/mol. The van der Waals surface area contributed by atoms with Gasteiger partial charge in [0.15, 0.2) is 11.6 Å². The van der Waals surface area contributed by atoms with Gasteiger partial charge in [-0.05, 0) is 30.5 Å². The molecule has 0 spiro atoms. The van der Waals surface area contributed by atoms with Crippen LogP contribution in [0.3, 0.4) is 0 Å². The number of aromatic nitrogens is 1. The van der Waals surface area contributed by atoms with Crippen LogP contribution in [0.1, 0.15) is 17.7 Å². The fourth-order valence-corrected chi connectivity index (χ4v) is 1.50. The minimum atomic E-state index is 0.466. The van der Waals surface area contributed by atoms with Crippen molar-refractivity contribution in [2.24, 2.45) is 0 Å². The van der Waals surface area contributed by atoms with E-state index in [-0.39, 0.29) is 0 Å². The van der Waals surface area contributed by atoms with Gasteiger partial charge >= 0.3 is 0 Å². The molecule has 2 N–H and O–H groups in total. The third-order valence-electron chi connectivity index (χ3n) is 2.20. The molecule has 13 heavy (non-hydrogen) atoms. The number of allylic oxidation sites excluding steroid dienone is 1. The molecule has 0 atom stereocenters. The van der Waals surface area contributed by atoms with Gasteiger partial charge < -0.3 is 10.5 Å². The van der Waals surface area contributed by atoms with Crippen LogP contribution in [0.4, 0.5) is 5.82 Å². The van der Waals surface area contributed by atoms with Crippen LogP contribution in [-0.2, 0) is 6.42 Å². The van der Waals surface area contributed by atoms with Crippen LogP contribution in [-0.4, -0.2) is 12.1 Å². The Hall–Kier alpha value is -1.51. The molecule has 1 heterocycles. The van der Waals surface area contributed by atoms with E-state index in [4.69, 9.17) is 10.5 Å². The molecule has 0 amide bonds. The Labute approximate surface area is 77.2 Å². The number of pyridine rings is 1. The fraction of sp³-hybridized carbons (Fsp3) is 0.300. The van der Waals surface area contributed by atoms with Crippen molar-refractivity contribution < 1.29 is 4.74 Å². The van der Waals surface area contributed by atoms with Crippen LogP contribution in [0.15, 0.2) is 12.1 Å². The number of fused-ring (bicyclic) bond motifs is 1. The van der Waals surface area contributed by atoms with Gasteiger partial charge in [-0.25, -0.2) is 4.98 Å². The van der Waals surface area contributed by atoms with Gasteiger partial charge in [-0.2, -0.15) is 0 Å². The number of nitrogens with two attached hydrogens (primary N) is 1. The highest BCUT2D eigenvalue weighted by Gasteiger charge is 2.10. The number of rotatable bonds is 1. The highest BCUT2D eigenvalue weighted by atomic mass is 16.5. The lowest BCUT2D eigenvalue weighted by Gasteiger charge is -2.12. The third kappa shape index (κ3) is 1.37. The predicted molar refractivity (Wildman–Crippen MR) is 52.6 cm³/mol. The van der Waals surface area contributed by atoms with Crippen molar-refractivity contribution in [2.75, 3.05) is 12.8 Å². The smallest absolute Gasteiger partial charge is 0.166 e. The highest BCUT2D eigenvalue weighted by Crippen LogP contribution is 2.26. The zero-order valence-electron chi connectivity index (χ0n) is 7.58. The van der Waals surface area contributed by atoms with Gasteiger partial charge in [0.2, 0.25) is 0 Å². The van der Waals surface area contributed by atoms with Crippen molar-refractivity contribution in [2.45, 2.75) is 12.8 Å². The maximum Gasteiger partial charge on any atom is 0.166 e. The summed E-state index contributed by atoms with van der Waals surface area (Å²) in [4.78, 5) is 4.25. The number of nitrogens with zero attached hydrogens (tertiary/aromatic N) is 1. The average Bonchev–Trinajstić information content (AvgIpc) is 2.17. The maximum absolute atomic E-state index is 5.69. The maximum atomic E-state index is 5.69. The summed E-state index contributed by atoms with van der Waals surface area (Å²) in [5.74, 6) is 1.14. The van der Waals surface area contributed by atoms with Crippen molar-refractivity contribution in [3.05, 3.63) is 23.4 Å². The summed E-state index contributed by atoms with van der Waals surface area (Å²) in [5.41, 5.74) is 7.88. The average molecular weight is 176 g/mol.